The maximum absolute atomic E-state index is 10.8. The van der Waals surface area contributed by atoms with E-state index in [1.165, 1.54) is 25.8 Å². The number of likely N-dealkylation sites (N-methyl/N-ethyl adjacent to an activating group) is 1. The molecule has 94 valence electrons. The largest absolute Gasteiger partial charge is 0.300 e. The van der Waals surface area contributed by atoms with Crippen molar-refractivity contribution in [3.8, 4) is 0 Å². The molecule has 1 fully saturated rings. The van der Waals surface area contributed by atoms with Crippen molar-refractivity contribution in [1.29, 1.82) is 0 Å². The minimum absolute atomic E-state index is 0.600. The van der Waals surface area contributed by atoms with E-state index in [4.69, 9.17) is 0 Å². The van der Waals surface area contributed by atoms with Gasteiger partial charge in [-0.1, -0.05) is 13.3 Å². The lowest BCUT2D eigenvalue weighted by atomic mass is 9.98. The molecule has 0 aromatic carbocycles. The Kier molecular flexibility index (Phi) is 3.94. The first-order valence-corrected chi connectivity index (χ1v) is 6.46. The number of hydrogen-bond donors (Lipinski definition) is 0. The van der Waals surface area contributed by atoms with Crippen LogP contribution in [0, 0.1) is 0 Å². The maximum atomic E-state index is 10.8. The highest BCUT2D eigenvalue weighted by Gasteiger charge is 2.22. The van der Waals surface area contributed by atoms with Gasteiger partial charge in [0, 0.05) is 19.5 Å². The smallest absolute Gasteiger partial charge is 0.168 e. The van der Waals surface area contributed by atoms with Gasteiger partial charge in [-0.3, -0.25) is 9.48 Å². The quantitative estimate of drug-likeness (QED) is 0.745. The van der Waals surface area contributed by atoms with Gasteiger partial charge in [0.15, 0.2) is 6.29 Å². The van der Waals surface area contributed by atoms with Crippen molar-refractivity contribution in [3.05, 3.63) is 17.5 Å². The summed E-state index contributed by atoms with van der Waals surface area (Å²) in [5.41, 5.74) is 1.71. The molecule has 1 unspecified atom stereocenters. The van der Waals surface area contributed by atoms with Gasteiger partial charge in [-0.25, -0.2) is 0 Å². The Balaban J connectivity index is 2.05. The number of nitrogens with zero attached hydrogens (tertiary/aromatic N) is 3. The molecule has 1 aliphatic rings. The predicted octanol–water partition coefficient (Wildman–Crippen LogP) is 1.65. The molecule has 2 heterocycles. The summed E-state index contributed by atoms with van der Waals surface area (Å²) in [4.78, 5) is 13.3. The van der Waals surface area contributed by atoms with E-state index in [0.29, 0.717) is 11.7 Å². The molecule has 0 bridgehead atoms. The molecule has 0 spiro atoms. The first kappa shape index (κ1) is 12.3. The van der Waals surface area contributed by atoms with Gasteiger partial charge in [-0.2, -0.15) is 5.10 Å². The number of carbonyl (C=O) groups excluding carboxylic acids is 1. The standard InChI is InChI=1S/C13H21N3O/c1-3-16-7-5-4-6-12(16)8-11-9-13(10-17)15(2)14-11/h9-10,12H,3-8H2,1-2H3. The van der Waals surface area contributed by atoms with E-state index >= 15 is 0 Å². The van der Waals surface area contributed by atoms with Crippen LogP contribution >= 0.6 is 0 Å². The van der Waals surface area contributed by atoms with Crippen LogP contribution in [0.2, 0.25) is 0 Å². The molecule has 0 radical (unpaired) electrons. The van der Waals surface area contributed by atoms with E-state index in [2.05, 4.69) is 16.9 Å². The van der Waals surface area contributed by atoms with Crippen LogP contribution in [0.15, 0.2) is 6.07 Å². The van der Waals surface area contributed by atoms with Gasteiger partial charge in [0.25, 0.3) is 0 Å². The molecular formula is C13H21N3O. The molecule has 1 atom stereocenters. The molecule has 1 aliphatic heterocycles. The summed E-state index contributed by atoms with van der Waals surface area (Å²) in [6, 6.07) is 2.51. The van der Waals surface area contributed by atoms with Crippen LogP contribution < -0.4 is 0 Å². The first-order chi connectivity index (χ1) is 8.24. The average molecular weight is 235 g/mol. The average Bonchev–Trinajstić information content (AvgIpc) is 2.70. The van der Waals surface area contributed by atoms with E-state index in [-0.39, 0.29) is 0 Å². The van der Waals surface area contributed by atoms with E-state index in [1.54, 1.807) is 4.68 Å². The monoisotopic (exact) mass is 235 g/mol. The molecule has 1 aromatic rings. The van der Waals surface area contributed by atoms with Gasteiger partial charge in [-0.15, -0.1) is 0 Å². The molecule has 0 N–H and O–H groups in total. The summed E-state index contributed by atoms with van der Waals surface area (Å²) in [5.74, 6) is 0. The van der Waals surface area contributed by atoms with Crippen molar-refractivity contribution in [1.82, 2.24) is 14.7 Å². The lowest BCUT2D eigenvalue weighted by Gasteiger charge is -2.34. The van der Waals surface area contributed by atoms with Crippen molar-refractivity contribution < 1.29 is 4.79 Å². The number of likely N-dealkylation sites (tertiary alicyclic amines) is 1. The van der Waals surface area contributed by atoms with Crippen LogP contribution in [-0.2, 0) is 13.5 Å². The van der Waals surface area contributed by atoms with Crippen LogP contribution in [0.1, 0.15) is 42.4 Å². The number of rotatable bonds is 4. The number of hydrogen-bond acceptors (Lipinski definition) is 3. The van der Waals surface area contributed by atoms with Crippen LogP contribution in [0.5, 0.6) is 0 Å². The Labute approximate surface area is 103 Å². The zero-order chi connectivity index (χ0) is 12.3. The van der Waals surface area contributed by atoms with Crippen molar-refractivity contribution in [3.63, 3.8) is 0 Å². The topological polar surface area (TPSA) is 38.1 Å². The Morgan fingerprint density at radius 1 is 1.53 bits per heavy atom. The zero-order valence-corrected chi connectivity index (χ0v) is 10.7. The fourth-order valence-electron chi connectivity index (χ4n) is 2.70. The van der Waals surface area contributed by atoms with Gasteiger partial charge >= 0.3 is 0 Å². The predicted molar refractivity (Wildman–Crippen MR) is 67.2 cm³/mol. The molecule has 0 saturated carbocycles. The van der Waals surface area contributed by atoms with E-state index in [1.807, 2.05) is 13.1 Å². The zero-order valence-electron chi connectivity index (χ0n) is 10.7. The summed E-state index contributed by atoms with van der Waals surface area (Å²) in [7, 11) is 1.83. The molecule has 1 aromatic heterocycles. The second kappa shape index (κ2) is 5.45. The second-order valence-electron chi connectivity index (χ2n) is 4.78. The molecule has 0 aliphatic carbocycles. The van der Waals surface area contributed by atoms with Gasteiger partial charge in [0.1, 0.15) is 5.69 Å². The number of aryl methyl sites for hydroxylation is 1. The Morgan fingerprint density at radius 3 is 3.00 bits per heavy atom. The highest BCUT2D eigenvalue weighted by molar-refractivity contribution is 5.72. The molecule has 0 amide bonds. The van der Waals surface area contributed by atoms with Crippen LogP contribution in [0.4, 0.5) is 0 Å². The summed E-state index contributed by atoms with van der Waals surface area (Å²) < 4.78 is 1.67. The van der Waals surface area contributed by atoms with Gasteiger partial charge in [-0.05, 0) is 32.0 Å². The minimum Gasteiger partial charge on any atom is -0.300 e. The van der Waals surface area contributed by atoms with Crippen LogP contribution in [-0.4, -0.2) is 40.1 Å². The molecule has 4 nitrogen and oxygen atoms in total. The molecule has 4 heteroatoms. The van der Waals surface area contributed by atoms with E-state index < -0.39 is 0 Å². The fourth-order valence-corrected chi connectivity index (χ4v) is 2.70. The third kappa shape index (κ3) is 2.75. The third-order valence-corrected chi connectivity index (χ3v) is 3.69. The van der Waals surface area contributed by atoms with Crippen molar-refractivity contribution >= 4 is 6.29 Å². The number of aromatic nitrogens is 2. The van der Waals surface area contributed by atoms with Crippen LogP contribution in [0.3, 0.4) is 0 Å². The normalized spacial score (nSPS) is 21.6. The Morgan fingerprint density at radius 2 is 2.35 bits per heavy atom. The number of aldehydes is 1. The van der Waals surface area contributed by atoms with Crippen molar-refractivity contribution in [2.45, 2.75) is 38.6 Å². The number of carbonyl (C=O) groups is 1. The highest BCUT2D eigenvalue weighted by atomic mass is 16.1. The maximum Gasteiger partial charge on any atom is 0.168 e. The van der Waals surface area contributed by atoms with E-state index in [9.17, 15) is 4.79 Å². The van der Waals surface area contributed by atoms with Gasteiger partial charge < -0.3 is 4.90 Å². The fraction of sp³-hybridized carbons (Fsp3) is 0.692. The lowest BCUT2D eigenvalue weighted by Crippen LogP contribution is -2.40. The van der Waals surface area contributed by atoms with Gasteiger partial charge in [0.05, 0.1) is 5.69 Å². The molecule has 17 heavy (non-hydrogen) atoms. The van der Waals surface area contributed by atoms with Crippen LogP contribution in [0.25, 0.3) is 0 Å². The summed E-state index contributed by atoms with van der Waals surface area (Å²) >= 11 is 0. The van der Waals surface area contributed by atoms with E-state index in [0.717, 1.165) is 24.9 Å². The molecular weight excluding hydrogens is 214 g/mol. The SMILES string of the molecule is CCN1CCCCC1Cc1cc(C=O)n(C)n1. The first-order valence-electron chi connectivity index (χ1n) is 6.46. The summed E-state index contributed by atoms with van der Waals surface area (Å²) in [6.07, 6.45) is 5.71. The number of piperidine rings is 1. The lowest BCUT2D eigenvalue weighted by molar-refractivity contribution is 0.111. The highest BCUT2D eigenvalue weighted by Crippen LogP contribution is 2.20. The second-order valence-corrected chi connectivity index (χ2v) is 4.78. The van der Waals surface area contributed by atoms with Gasteiger partial charge in [0.2, 0.25) is 0 Å². The molecule has 1 saturated heterocycles. The van der Waals surface area contributed by atoms with Crippen molar-refractivity contribution in [2.75, 3.05) is 13.1 Å². The Bertz CT molecular complexity index is 386. The summed E-state index contributed by atoms with van der Waals surface area (Å²) in [6.45, 7) is 4.53. The van der Waals surface area contributed by atoms with Crippen molar-refractivity contribution in [2.24, 2.45) is 7.05 Å². The molecule has 2 rings (SSSR count). The Hall–Kier alpha value is -1.16. The minimum atomic E-state index is 0.600. The summed E-state index contributed by atoms with van der Waals surface area (Å²) in [5, 5.41) is 4.40. The third-order valence-electron chi connectivity index (χ3n) is 3.69.